The van der Waals surface area contributed by atoms with Gasteiger partial charge in [-0.2, -0.15) is 13.2 Å². The van der Waals surface area contributed by atoms with Crippen LogP contribution in [0.2, 0.25) is 0 Å². The Morgan fingerprint density at radius 2 is 1.89 bits per heavy atom. The lowest BCUT2D eigenvalue weighted by atomic mass is 9.94. The van der Waals surface area contributed by atoms with Crippen LogP contribution in [0.15, 0.2) is 30.3 Å². The second-order valence-electron chi connectivity index (χ2n) is 4.52. The van der Waals surface area contributed by atoms with Crippen molar-refractivity contribution in [2.45, 2.75) is 32.1 Å². The maximum atomic E-state index is 12.3. The van der Waals surface area contributed by atoms with Gasteiger partial charge in [0.2, 0.25) is 5.91 Å². The number of halogens is 3. The highest BCUT2D eigenvalue weighted by Gasteiger charge is 2.35. The molecule has 3 N–H and O–H groups in total. The number of primary amides is 1. The fourth-order valence-corrected chi connectivity index (χ4v) is 1.88. The molecule has 1 aromatic carbocycles. The molecule has 0 radical (unpaired) electrons. The molecule has 0 fully saturated rings. The number of hydrogen-bond acceptors (Lipinski definition) is 2. The minimum absolute atomic E-state index is 0.445. The van der Waals surface area contributed by atoms with Gasteiger partial charge in [-0.05, 0) is 24.3 Å². The van der Waals surface area contributed by atoms with Gasteiger partial charge in [-0.3, -0.25) is 4.79 Å². The lowest BCUT2D eigenvalue weighted by molar-refractivity contribution is -0.171. The van der Waals surface area contributed by atoms with Gasteiger partial charge < -0.3 is 5.73 Å². The maximum absolute atomic E-state index is 12.3. The smallest absolute Gasteiger partial charge is 0.368 e. The number of alkyl halides is 3. The van der Waals surface area contributed by atoms with E-state index in [0.717, 1.165) is 5.56 Å². The molecule has 0 aliphatic heterocycles. The van der Waals surface area contributed by atoms with Gasteiger partial charge in [0, 0.05) is 0 Å². The van der Waals surface area contributed by atoms with Crippen molar-refractivity contribution >= 4 is 5.91 Å². The Labute approximate surface area is 110 Å². The molecule has 0 aromatic heterocycles. The first-order chi connectivity index (χ1) is 8.79. The van der Waals surface area contributed by atoms with Crippen molar-refractivity contribution in [3.63, 3.8) is 0 Å². The summed E-state index contributed by atoms with van der Waals surface area (Å²) in [5, 5.41) is 1.32. The lowest BCUT2D eigenvalue weighted by Crippen LogP contribution is -2.51. The van der Waals surface area contributed by atoms with Gasteiger partial charge in [-0.1, -0.05) is 37.3 Å². The molecule has 6 heteroatoms. The van der Waals surface area contributed by atoms with Crippen LogP contribution in [0.25, 0.3) is 0 Å². The summed E-state index contributed by atoms with van der Waals surface area (Å²) in [6.45, 7) is 1.58. The van der Waals surface area contributed by atoms with Crippen molar-refractivity contribution in [1.29, 1.82) is 0 Å². The fraction of sp³-hybridized carbons (Fsp3) is 0.462. The summed E-state index contributed by atoms with van der Waals surface area (Å²) in [7, 11) is 0. The molecule has 3 nitrogen and oxygen atoms in total. The van der Waals surface area contributed by atoms with Crippen LogP contribution in [-0.4, -0.2) is 18.2 Å². The molecule has 0 saturated heterocycles. The summed E-state index contributed by atoms with van der Waals surface area (Å²) < 4.78 is 36.8. The first kappa shape index (κ1) is 15.5. The second-order valence-corrected chi connectivity index (χ2v) is 4.52. The van der Waals surface area contributed by atoms with Gasteiger partial charge in [0.05, 0.1) is 6.04 Å². The number of rotatable bonds is 6. The Kier molecular flexibility index (Phi) is 5.35. The van der Waals surface area contributed by atoms with E-state index in [0.29, 0.717) is 12.8 Å². The quantitative estimate of drug-likeness (QED) is 0.781. The average Bonchev–Trinajstić information content (AvgIpc) is 2.33. The van der Waals surface area contributed by atoms with Crippen LogP contribution >= 0.6 is 0 Å². The number of nitrogens with one attached hydrogen (secondary N) is 1. The SMILES string of the molecule is CC(CCc1ccccc1)[C@H](NC(F)(F)F)C(N)=O. The Hall–Kier alpha value is -1.56. The first-order valence-electron chi connectivity index (χ1n) is 5.97. The summed E-state index contributed by atoms with van der Waals surface area (Å²) in [6.07, 6.45) is -3.56. The van der Waals surface area contributed by atoms with Crippen LogP contribution in [0.4, 0.5) is 13.2 Å². The van der Waals surface area contributed by atoms with Gasteiger partial charge in [0.15, 0.2) is 0 Å². The molecule has 0 bridgehead atoms. The zero-order chi connectivity index (χ0) is 14.5. The standard InChI is InChI=1S/C13H17F3N2O/c1-9(7-8-10-5-3-2-4-6-10)11(12(17)19)18-13(14,15)16/h2-6,9,11,18H,7-8H2,1H3,(H2,17,19)/t9?,11-/m0/s1. The summed E-state index contributed by atoms with van der Waals surface area (Å²) >= 11 is 0. The van der Waals surface area contributed by atoms with Gasteiger partial charge >= 0.3 is 6.30 Å². The van der Waals surface area contributed by atoms with Crippen LogP contribution < -0.4 is 11.1 Å². The zero-order valence-electron chi connectivity index (χ0n) is 10.6. The third-order valence-electron chi connectivity index (χ3n) is 2.93. The molecule has 0 aliphatic carbocycles. The first-order valence-corrected chi connectivity index (χ1v) is 5.97. The minimum atomic E-state index is -4.61. The number of carbonyl (C=O) groups is 1. The zero-order valence-corrected chi connectivity index (χ0v) is 10.6. The average molecular weight is 274 g/mol. The van der Waals surface area contributed by atoms with Crippen molar-refractivity contribution in [3.8, 4) is 0 Å². The van der Waals surface area contributed by atoms with Crippen LogP contribution in [0.3, 0.4) is 0 Å². The largest absolute Gasteiger partial charge is 0.457 e. The van der Waals surface area contributed by atoms with E-state index in [-0.39, 0.29) is 0 Å². The molecule has 1 rings (SSSR count). The summed E-state index contributed by atoms with van der Waals surface area (Å²) in [5.41, 5.74) is 6.03. The van der Waals surface area contributed by atoms with Gasteiger partial charge in [0.1, 0.15) is 0 Å². The molecular formula is C13H17F3N2O. The van der Waals surface area contributed by atoms with E-state index in [2.05, 4.69) is 0 Å². The molecule has 1 amide bonds. The van der Waals surface area contributed by atoms with Crippen molar-refractivity contribution in [3.05, 3.63) is 35.9 Å². The highest BCUT2D eigenvalue weighted by atomic mass is 19.4. The van der Waals surface area contributed by atoms with E-state index >= 15 is 0 Å². The molecule has 2 atom stereocenters. The van der Waals surface area contributed by atoms with Gasteiger partial charge in [0.25, 0.3) is 0 Å². The van der Waals surface area contributed by atoms with Crippen molar-refractivity contribution in [2.75, 3.05) is 0 Å². The third-order valence-corrected chi connectivity index (χ3v) is 2.93. The molecule has 106 valence electrons. The Balaban J connectivity index is 2.58. The normalized spacial score (nSPS) is 14.9. The molecule has 0 spiro atoms. The topological polar surface area (TPSA) is 55.1 Å². The summed E-state index contributed by atoms with van der Waals surface area (Å²) in [6, 6.07) is 7.97. The lowest BCUT2D eigenvalue weighted by Gasteiger charge is -2.23. The van der Waals surface area contributed by atoms with Crippen LogP contribution in [0.1, 0.15) is 18.9 Å². The number of carbonyl (C=O) groups excluding carboxylic acids is 1. The molecule has 0 saturated carbocycles. The fourth-order valence-electron chi connectivity index (χ4n) is 1.88. The van der Waals surface area contributed by atoms with E-state index < -0.39 is 24.2 Å². The monoisotopic (exact) mass is 274 g/mol. The second kappa shape index (κ2) is 6.56. The molecule has 0 heterocycles. The van der Waals surface area contributed by atoms with Crippen molar-refractivity contribution in [1.82, 2.24) is 5.32 Å². The molecule has 19 heavy (non-hydrogen) atoms. The summed E-state index contributed by atoms with van der Waals surface area (Å²) in [4.78, 5) is 11.1. The Morgan fingerprint density at radius 1 is 1.32 bits per heavy atom. The van der Waals surface area contributed by atoms with Gasteiger partial charge in [-0.25, -0.2) is 5.32 Å². The van der Waals surface area contributed by atoms with E-state index in [1.807, 2.05) is 30.3 Å². The number of amides is 1. The van der Waals surface area contributed by atoms with E-state index in [1.54, 1.807) is 6.92 Å². The summed E-state index contributed by atoms with van der Waals surface area (Å²) in [5.74, 6) is -1.49. The van der Waals surface area contributed by atoms with E-state index in [1.165, 1.54) is 5.32 Å². The molecular weight excluding hydrogens is 257 g/mol. The number of benzene rings is 1. The number of nitrogens with two attached hydrogens (primary N) is 1. The predicted octanol–water partition coefficient (Wildman–Crippen LogP) is 2.22. The van der Waals surface area contributed by atoms with E-state index in [9.17, 15) is 18.0 Å². The number of aryl methyl sites for hydroxylation is 1. The van der Waals surface area contributed by atoms with E-state index in [4.69, 9.17) is 5.73 Å². The van der Waals surface area contributed by atoms with Crippen LogP contribution in [-0.2, 0) is 11.2 Å². The Morgan fingerprint density at radius 3 is 2.37 bits per heavy atom. The third kappa shape index (κ3) is 5.74. The van der Waals surface area contributed by atoms with Crippen molar-refractivity contribution < 1.29 is 18.0 Å². The molecule has 1 aromatic rings. The van der Waals surface area contributed by atoms with Crippen LogP contribution in [0.5, 0.6) is 0 Å². The minimum Gasteiger partial charge on any atom is -0.368 e. The van der Waals surface area contributed by atoms with Gasteiger partial charge in [-0.15, -0.1) is 0 Å². The molecule has 0 aliphatic rings. The highest BCUT2D eigenvalue weighted by molar-refractivity contribution is 5.80. The maximum Gasteiger partial charge on any atom is 0.457 e. The van der Waals surface area contributed by atoms with Crippen LogP contribution in [0, 0.1) is 5.92 Å². The highest BCUT2D eigenvalue weighted by Crippen LogP contribution is 2.18. The number of hydrogen-bond donors (Lipinski definition) is 2. The predicted molar refractivity (Wildman–Crippen MR) is 66.1 cm³/mol. The molecule has 1 unspecified atom stereocenters. The van der Waals surface area contributed by atoms with Crippen molar-refractivity contribution in [2.24, 2.45) is 11.7 Å². The Bertz CT molecular complexity index is 406.